The zero-order valence-corrected chi connectivity index (χ0v) is 11.5. The first kappa shape index (κ1) is 14.1. The number of rotatable bonds is 6. The van der Waals surface area contributed by atoms with Gasteiger partial charge in [0.25, 0.3) is 0 Å². The molecular weight excluding hydrogens is 220 g/mol. The highest BCUT2D eigenvalue weighted by atomic mass is 32.2. The number of unbranched alkanes of at least 4 members (excludes halogenated alkanes) is 1. The van der Waals surface area contributed by atoms with Gasteiger partial charge >= 0.3 is 0 Å². The molecule has 0 saturated carbocycles. The minimum absolute atomic E-state index is 0.295. The van der Waals surface area contributed by atoms with Crippen LogP contribution in [0.25, 0.3) is 0 Å². The fourth-order valence-corrected chi connectivity index (χ4v) is 3.07. The van der Waals surface area contributed by atoms with Crippen LogP contribution in [-0.4, -0.2) is 46.8 Å². The molecular formula is C12H26N2OS. The van der Waals surface area contributed by atoms with Gasteiger partial charge in [0.05, 0.1) is 0 Å². The van der Waals surface area contributed by atoms with Gasteiger partial charge in [0.15, 0.2) is 0 Å². The first-order valence-corrected chi connectivity index (χ1v) is 7.80. The summed E-state index contributed by atoms with van der Waals surface area (Å²) in [6.45, 7) is 8.45. The molecule has 1 aliphatic rings. The van der Waals surface area contributed by atoms with E-state index in [2.05, 4.69) is 18.7 Å². The third kappa shape index (κ3) is 5.41. The first-order chi connectivity index (χ1) is 7.53. The molecule has 96 valence electrons. The lowest BCUT2D eigenvalue weighted by molar-refractivity contribution is 0.273. The van der Waals surface area contributed by atoms with Crippen molar-refractivity contribution in [1.29, 1.82) is 0 Å². The van der Waals surface area contributed by atoms with E-state index in [1.807, 2.05) is 0 Å². The number of nitrogens with two attached hydrogens (primary N) is 1. The zero-order chi connectivity index (χ0) is 12.0. The molecule has 0 radical (unpaired) electrons. The van der Waals surface area contributed by atoms with Crippen molar-refractivity contribution in [2.45, 2.75) is 33.1 Å². The van der Waals surface area contributed by atoms with Crippen LogP contribution in [0, 0.1) is 5.41 Å². The summed E-state index contributed by atoms with van der Waals surface area (Å²) in [7, 11) is -0.542. The Bertz CT molecular complexity index is 221. The van der Waals surface area contributed by atoms with E-state index in [4.69, 9.17) is 5.73 Å². The van der Waals surface area contributed by atoms with Gasteiger partial charge in [0.2, 0.25) is 0 Å². The fraction of sp³-hybridized carbons (Fsp3) is 1.00. The Morgan fingerprint density at radius 3 is 2.44 bits per heavy atom. The second-order valence-electron chi connectivity index (χ2n) is 5.52. The molecule has 1 rings (SSSR count). The van der Waals surface area contributed by atoms with Crippen LogP contribution in [-0.2, 0) is 10.8 Å². The van der Waals surface area contributed by atoms with Gasteiger partial charge in [-0.3, -0.25) is 4.21 Å². The monoisotopic (exact) mass is 246 g/mol. The summed E-state index contributed by atoms with van der Waals surface area (Å²) < 4.78 is 11.2. The molecule has 1 saturated heterocycles. The number of nitrogens with zero attached hydrogens (tertiary/aromatic N) is 1. The molecule has 0 aliphatic carbocycles. The highest BCUT2D eigenvalue weighted by molar-refractivity contribution is 7.85. The van der Waals surface area contributed by atoms with Crippen molar-refractivity contribution in [3.05, 3.63) is 0 Å². The lowest BCUT2D eigenvalue weighted by atomic mass is 9.87. The van der Waals surface area contributed by atoms with Crippen LogP contribution in [0.3, 0.4) is 0 Å². The molecule has 16 heavy (non-hydrogen) atoms. The van der Waals surface area contributed by atoms with Crippen molar-refractivity contribution in [3.63, 3.8) is 0 Å². The smallest absolute Gasteiger partial charge is 0.0363 e. The molecule has 0 unspecified atom stereocenters. The van der Waals surface area contributed by atoms with Gasteiger partial charge in [0, 0.05) is 35.4 Å². The summed E-state index contributed by atoms with van der Waals surface area (Å²) in [5, 5.41) is 0. The molecule has 2 N–H and O–H groups in total. The molecule has 0 aromatic carbocycles. The Morgan fingerprint density at radius 1 is 1.25 bits per heavy atom. The third-order valence-corrected chi connectivity index (χ3v) is 4.68. The molecule has 0 aromatic heterocycles. The second-order valence-corrected chi connectivity index (χ2v) is 7.21. The van der Waals surface area contributed by atoms with Gasteiger partial charge in [-0.1, -0.05) is 20.3 Å². The quantitative estimate of drug-likeness (QED) is 0.717. The summed E-state index contributed by atoms with van der Waals surface area (Å²) in [4.78, 5) is 2.44. The maximum Gasteiger partial charge on any atom is 0.0363 e. The Balaban J connectivity index is 2.05. The molecule has 0 spiro atoms. The highest BCUT2D eigenvalue weighted by Crippen LogP contribution is 2.21. The standard InChI is InChI=1S/C12H26N2OS/c1-12(2,11-13)5-3-4-6-14-7-9-16(15)10-8-14/h3-11,13H2,1-2H3. The van der Waals surface area contributed by atoms with Crippen LogP contribution in [0.2, 0.25) is 0 Å². The zero-order valence-electron chi connectivity index (χ0n) is 10.7. The van der Waals surface area contributed by atoms with Crippen LogP contribution in [0.15, 0.2) is 0 Å². The van der Waals surface area contributed by atoms with Gasteiger partial charge in [-0.15, -0.1) is 0 Å². The third-order valence-electron chi connectivity index (χ3n) is 3.40. The molecule has 0 bridgehead atoms. The second kappa shape index (κ2) is 6.72. The largest absolute Gasteiger partial charge is 0.330 e. The van der Waals surface area contributed by atoms with Gasteiger partial charge in [0.1, 0.15) is 0 Å². The van der Waals surface area contributed by atoms with Crippen molar-refractivity contribution < 1.29 is 4.21 Å². The van der Waals surface area contributed by atoms with Crippen molar-refractivity contribution in [2.24, 2.45) is 11.1 Å². The van der Waals surface area contributed by atoms with Gasteiger partial charge in [-0.25, -0.2) is 0 Å². The summed E-state index contributed by atoms with van der Waals surface area (Å²) in [5.41, 5.74) is 6.00. The van der Waals surface area contributed by atoms with E-state index in [0.717, 1.165) is 37.7 Å². The van der Waals surface area contributed by atoms with Crippen LogP contribution in [0.4, 0.5) is 0 Å². The normalized spacial score (nSPS) is 20.2. The lowest BCUT2D eigenvalue weighted by Gasteiger charge is -2.27. The van der Waals surface area contributed by atoms with E-state index in [0.29, 0.717) is 5.41 Å². The van der Waals surface area contributed by atoms with E-state index in [9.17, 15) is 4.21 Å². The predicted molar refractivity (Wildman–Crippen MR) is 71.0 cm³/mol. The first-order valence-electron chi connectivity index (χ1n) is 6.31. The van der Waals surface area contributed by atoms with Gasteiger partial charge < -0.3 is 10.6 Å². The number of hydrogen-bond acceptors (Lipinski definition) is 3. The van der Waals surface area contributed by atoms with E-state index in [1.54, 1.807) is 0 Å². The summed E-state index contributed by atoms with van der Waals surface area (Å²) >= 11 is 0. The molecule has 1 aliphatic heterocycles. The van der Waals surface area contributed by atoms with Crippen molar-refractivity contribution in [2.75, 3.05) is 37.7 Å². The SMILES string of the molecule is CC(C)(CN)CCCCN1CCS(=O)CC1. The summed E-state index contributed by atoms with van der Waals surface area (Å²) in [5.74, 6) is 1.74. The van der Waals surface area contributed by atoms with Gasteiger partial charge in [-0.05, 0) is 31.3 Å². The summed E-state index contributed by atoms with van der Waals surface area (Å²) in [6.07, 6.45) is 3.71. The van der Waals surface area contributed by atoms with E-state index in [-0.39, 0.29) is 0 Å². The van der Waals surface area contributed by atoms with Crippen LogP contribution >= 0.6 is 0 Å². The van der Waals surface area contributed by atoms with E-state index >= 15 is 0 Å². The molecule has 1 fully saturated rings. The maximum absolute atomic E-state index is 11.2. The molecule has 0 aromatic rings. The molecule has 4 heteroatoms. The van der Waals surface area contributed by atoms with Crippen molar-refractivity contribution in [1.82, 2.24) is 4.90 Å². The average Bonchev–Trinajstić information content (AvgIpc) is 2.27. The summed E-state index contributed by atoms with van der Waals surface area (Å²) in [6, 6.07) is 0. The lowest BCUT2D eigenvalue weighted by Crippen LogP contribution is -2.38. The number of hydrogen-bond donors (Lipinski definition) is 1. The average molecular weight is 246 g/mol. The minimum Gasteiger partial charge on any atom is -0.330 e. The topological polar surface area (TPSA) is 46.3 Å². The van der Waals surface area contributed by atoms with E-state index < -0.39 is 10.8 Å². The molecule has 0 atom stereocenters. The maximum atomic E-state index is 11.2. The van der Waals surface area contributed by atoms with Crippen LogP contribution < -0.4 is 5.73 Å². The molecule has 0 amide bonds. The Labute approximate surface area is 102 Å². The Kier molecular flexibility index (Phi) is 5.94. The minimum atomic E-state index is -0.542. The van der Waals surface area contributed by atoms with Crippen molar-refractivity contribution >= 4 is 10.8 Å². The van der Waals surface area contributed by atoms with E-state index in [1.165, 1.54) is 19.3 Å². The Morgan fingerprint density at radius 2 is 1.88 bits per heavy atom. The van der Waals surface area contributed by atoms with Crippen LogP contribution in [0.1, 0.15) is 33.1 Å². The fourth-order valence-electron chi connectivity index (χ4n) is 1.94. The molecule has 3 nitrogen and oxygen atoms in total. The van der Waals surface area contributed by atoms with Crippen molar-refractivity contribution in [3.8, 4) is 0 Å². The highest BCUT2D eigenvalue weighted by Gasteiger charge is 2.16. The molecule has 1 heterocycles. The predicted octanol–water partition coefficient (Wildman–Crippen LogP) is 1.21. The Hall–Kier alpha value is 0.0700. The van der Waals surface area contributed by atoms with Crippen LogP contribution in [0.5, 0.6) is 0 Å². The van der Waals surface area contributed by atoms with Gasteiger partial charge in [-0.2, -0.15) is 0 Å².